The van der Waals surface area contributed by atoms with Gasteiger partial charge < -0.3 is 5.11 Å². The van der Waals surface area contributed by atoms with E-state index in [9.17, 15) is 18.3 Å². The van der Waals surface area contributed by atoms with E-state index in [0.717, 1.165) is 25.7 Å². The maximum atomic E-state index is 12.7. The Labute approximate surface area is 118 Å². The first-order valence-electron chi connectivity index (χ1n) is 6.66. The van der Waals surface area contributed by atoms with Crippen molar-refractivity contribution in [2.24, 2.45) is 0 Å². The van der Waals surface area contributed by atoms with Crippen LogP contribution in [0.25, 0.3) is 0 Å². The fraction of sp³-hybridized carbons (Fsp3) is 0.667. The van der Waals surface area contributed by atoms with Gasteiger partial charge in [0.2, 0.25) is 5.03 Å². The normalized spacial score (nSPS) is 21.6. The topological polar surface area (TPSA) is 103 Å². The first-order chi connectivity index (χ1) is 9.35. The Balaban J connectivity index is 2.47. The van der Waals surface area contributed by atoms with Crippen LogP contribution in [-0.4, -0.2) is 46.6 Å². The number of carboxylic acid groups (broad SMARTS) is 1. The fourth-order valence-corrected chi connectivity index (χ4v) is 4.39. The van der Waals surface area contributed by atoms with Gasteiger partial charge in [-0.2, -0.15) is 9.40 Å². The minimum absolute atomic E-state index is 0.138. The van der Waals surface area contributed by atoms with Crippen LogP contribution in [0.2, 0.25) is 0 Å². The lowest BCUT2D eigenvalue weighted by molar-refractivity contribution is 0.0691. The summed E-state index contributed by atoms with van der Waals surface area (Å²) in [6.07, 6.45) is 3.54. The molecular weight excluding hydrogens is 282 g/mol. The summed E-state index contributed by atoms with van der Waals surface area (Å²) in [4.78, 5) is 11.2. The molecule has 2 N–H and O–H groups in total. The van der Waals surface area contributed by atoms with Crippen LogP contribution in [0, 0.1) is 6.92 Å². The van der Waals surface area contributed by atoms with E-state index in [-0.39, 0.29) is 22.3 Å². The van der Waals surface area contributed by atoms with E-state index in [4.69, 9.17) is 0 Å². The molecule has 0 aliphatic carbocycles. The van der Waals surface area contributed by atoms with Gasteiger partial charge in [-0.1, -0.05) is 12.8 Å². The third-order valence-corrected chi connectivity index (χ3v) is 5.62. The predicted molar refractivity (Wildman–Crippen MR) is 72.1 cm³/mol. The Hall–Kier alpha value is -1.41. The monoisotopic (exact) mass is 301 g/mol. The molecule has 0 radical (unpaired) electrons. The SMILES string of the molecule is Cc1[nH]nc(S(=O)(=O)N2CCCCCC2C)c1C(=O)O. The zero-order valence-corrected chi connectivity index (χ0v) is 12.4. The van der Waals surface area contributed by atoms with Crippen molar-refractivity contribution in [3.63, 3.8) is 0 Å². The molecule has 0 amide bonds. The van der Waals surface area contributed by atoms with E-state index in [0.29, 0.717) is 6.54 Å². The molecule has 20 heavy (non-hydrogen) atoms. The summed E-state index contributed by atoms with van der Waals surface area (Å²) in [7, 11) is -3.88. The first kappa shape index (κ1) is 15.0. The number of hydrogen-bond donors (Lipinski definition) is 2. The molecule has 0 bridgehead atoms. The second kappa shape index (κ2) is 5.53. The number of aryl methyl sites for hydroxylation is 1. The highest BCUT2D eigenvalue weighted by atomic mass is 32.2. The van der Waals surface area contributed by atoms with Gasteiger partial charge >= 0.3 is 5.97 Å². The summed E-state index contributed by atoms with van der Waals surface area (Å²) >= 11 is 0. The summed E-state index contributed by atoms with van der Waals surface area (Å²) in [6, 6.07) is -0.138. The highest BCUT2D eigenvalue weighted by Gasteiger charge is 2.36. The molecule has 1 aliphatic rings. The van der Waals surface area contributed by atoms with E-state index < -0.39 is 16.0 Å². The molecule has 1 aromatic rings. The third kappa shape index (κ3) is 2.57. The van der Waals surface area contributed by atoms with Crippen LogP contribution in [-0.2, 0) is 10.0 Å². The number of nitrogens with zero attached hydrogens (tertiary/aromatic N) is 2. The maximum Gasteiger partial charge on any atom is 0.340 e. The number of H-pyrrole nitrogens is 1. The predicted octanol–water partition coefficient (Wildman–Crippen LogP) is 1.37. The molecule has 0 spiro atoms. The number of carbonyl (C=O) groups is 1. The van der Waals surface area contributed by atoms with E-state index in [2.05, 4.69) is 10.2 Å². The second-order valence-corrected chi connectivity index (χ2v) is 6.95. The van der Waals surface area contributed by atoms with Crippen molar-refractivity contribution in [3.05, 3.63) is 11.3 Å². The van der Waals surface area contributed by atoms with E-state index in [1.165, 1.54) is 11.2 Å². The average molecular weight is 301 g/mol. The van der Waals surface area contributed by atoms with Crippen molar-refractivity contribution in [2.75, 3.05) is 6.54 Å². The van der Waals surface area contributed by atoms with Crippen molar-refractivity contribution in [2.45, 2.75) is 50.6 Å². The maximum absolute atomic E-state index is 12.7. The Morgan fingerprint density at radius 3 is 2.75 bits per heavy atom. The Bertz CT molecular complexity index is 608. The van der Waals surface area contributed by atoms with Crippen LogP contribution in [0.3, 0.4) is 0 Å². The Morgan fingerprint density at radius 1 is 1.40 bits per heavy atom. The second-order valence-electron chi connectivity index (χ2n) is 5.15. The van der Waals surface area contributed by atoms with Crippen LogP contribution in [0.5, 0.6) is 0 Å². The zero-order chi connectivity index (χ0) is 14.9. The number of nitrogens with one attached hydrogen (secondary N) is 1. The minimum Gasteiger partial charge on any atom is -0.478 e. The molecule has 2 rings (SSSR count). The van der Waals surface area contributed by atoms with Crippen LogP contribution in [0.15, 0.2) is 5.03 Å². The summed E-state index contributed by atoms with van der Waals surface area (Å²) in [5, 5.41) is 15.0. The number of carboxylic acids is 1. The van der Waals surface area contributed by atoms with Gasteiger partial charge in [-0.05, 0) is 26.7 Å². The van der Waals surface area contributed by atoms with Crippen LogP contribution < -0.4 is 0 Å². The van der Waals surface area contributed by atoms with Gasteiger partial charge in [0, 0.05) is 18.3 Å². The lowest BCUT2D eigenvalue weighted by Gasteiger charge is -2.25. The summed E-state index contributed by atoms with van der Waals surface area (Å²) < 4.78 is 26.7. The number of hydrogen-bond acceptors (Lipinski definition) is 4. The smallest absolute Gasteiger partial charge is 0.340 e. The molecule has 1 unspecified atom stereocenters. The molecule has 1 atom stereocenters. The zero-order valence-electron chi connectivity index (χ0n) is 11.6. The fourth-order valence-electron chi connectivity index (χ4n) is 2.56. The van der Waals surface area contributed by atoms with Gasteiger partial charge in [0.1, 0.15) is 5.56 Å². The highest BCUT2D eigenvalue weighted by molar-refractivity contribution is 7.89. The van der Waals surface area contributed by atoms with E-state index >= 15 is 0 Å². The van der Waals surface area contributed by atoms with Gasteiger partial charge in [0.15, 0.2) is 0 Å². The molecule has 7 nitrogen and oxygen atoms in total. The third-order valence-electron chi connectivity index (χ3n) is 3.67. The first-order valence-corrected chi connectivity index (χ1v) is 8.10. The Morgan fingerprint density at radius 2 is 2.10 bits per heavy atom. The van der Waals surface area contributed by atoms with Gasteiger partial charge in [-0.25, -0.2) is 13.2 Å². The molecule has 1 fully saturated rings. The molecule has 0 saturated carbocycles. The van der Waals surface area contributed by atoms with Crippen molar-refractivity contribution in [3.8, 4) is 0 Å². The molecule has 1 aromatic heterocycles. The standard InChI is InChI=1S/C12H19N3O4S/c1-8-6-4-3-5-7-15(8)20(18,19)11-10(12(16)17)9(2)13-14-11/h8H,3-7H2,1-2H3,(H,13,14)(H,16,17). The number of aromatic nitrogens is 2. The molecule has 1 aliphatic heterocycles. The van der Waals surface area contributed by atoms with Crippen molar-refractivity contribution < 1.29 is 18.3 Å². The van der Waals surface area contributed by atoms with Gasteiger partial charge in [0.25, 0.3) is 10.0 Å². The number of aromatic carboxylic acids is 1. The largest absolute Gasteiger partial charge is 0.478 e. The molecule has 1 saturated heterocycles. The summed E-state index contributed by atoms with van der Waals surface area (Å²) in [6.45, 7) is 3.76. The molecule has 8 heteroatoms. The number of aromatic amines is 1. The van der Waals surface area contributed by atoms with Crippen LogP contribution in [0.1, 0.15) is 48.7 Å². The van der Waals surface area contributed by atoms with Crippen molar-refractivity contribution in [1.82, 2.24) is 14.5 Å². The summed E-state index contributed by atoms with van der Waals surface area (Å²) in [5.74, 6) is -1.28. The lowest BCUT2D eigenvalue weighted by Crippen LogP contribution is -2.39. The quantitative estimate of drug-likeness (QED) is 0.877. The van der Waals surface area contributed by atoms with Gasteiger partial charge in [0.05, 0.1) is 0 Å². The van der Waals surface area contributed by atoms with Crippen molar-refractivity contribution >= 4 is 16.0 Å². The minimum atomic E-state index is -3.88. The molecular formula is C12H19N3O4S. The van der Waals surface area contributed by atoms with E-state index in [1.54, 1.807) is 0 Å². The highest BCUT2D eigenvalue weighted by Crippen LogP contribution is 2.26. The Kier molecular flexibility index (Phi) is 4.14. The average Bonchev–Trinajstić information content (AvgIpc) is 2.62. The van der Waals surface area contributed by atoms with Crippen molar-refractivity contribution in [1.29, 1.82) is 0 Å². The molecule has 0 aromatic carbocycles. The van der Waals surface area contributed by atoms with Crippen LogP contribution in [0.4, 0.5) is 0 Å². The number of rotatable bonds is 3. The van der Waals surface area contributed by atoms with Crippen LogP contribution >= 0.6 is 0 Å². The number of sulfonamides is 1. The molecule has 112 valence electrons. The van der Waals surface area contributed by atoms with E-state index in [1.807, 2.05) is 6.92 Å². The van der Waals surface area contributed by atoms with Gasteiger partial charge in [-0.15, -0.1) is 0 Å². The lowest BCUT2D eigenvalue weighted by atomic mass is 10.1. The summed E-state index contributed by atoms with van der Waals surface area (Å²) in [5.41, 5.74) is -0.0139. The van der Waals surface area contributed by atoms with Gasteiger partial charge in [-0.3, -0.25) is 5.10 Å². The molecule has 2 heterocycles.